The maximum Gasteiger partial charge on any atom is 0.188 e. The van der Waals surface area contributed by atoms with Crippen molar-refractivity contribution in [2.24, 2.45) is 0 Å². The van der Waals surface area contributed by atoms with Gasteiger partial charge in [0, 0.05) is 42.6 Å². The highest BCUT2D eigenvalue weighted by molar-refractivity contribution is 7.13. The zero-order valence-electron chi connectivity index (χ0n) is 14.1. The minimum absolute atomic E-state index is 0.362. The van der Waals surface area contributed by atoms with Crippen LogP contribution in [0.25, 0.3) is 0 Å². The molecule has 4 heterocycles. The summed E-state index contributed by atoms with van der Waals surface area (Å²) in [5, 5.41) is 6.24. The Bertz CT molecular complexity index is 814. The molecule has 0 aromatic carbocycles. The molecule has 1 aliphatic rings. The third kappa shape index (κ3) is 3.85. The molecule has 130 valence electrons. The van der Waals surface area contributed by atoms with Crippen molar-refractivity contribution < 1.29 is 0 Å². The van der Waals surface area contributed by atoms with E-state index in [0.29, 0.717) is 5.92 Å². The number of hydrogen-bond donors (Lipinski definition) is 2. The molecule has 0 unspecified atom stereocenters. The number of rotatable bonds is 5. The highest BCUT2D eigenvalue weighted by Crippen LogP contribution is 2.31. The second-order valence-corrected chi connectivity index (χ2v) is 7.18. The van der Waals surface area contributed by atoms with E-state index in [1.165, 1.54) is 0 Å². The van der Waals surface area contributed by atoms with E-state index < -0.39 is 0 Å². The van der Waals surface area contributed by atoms with E-state index in [-0.39, 0.29) is 0 Å². The molecule has 3 aromatic rings. The minimum atomic E-state index is 0.362. The molecule has 7 nitrogen and oxygen atoms in total. The Morgan fingerprint density at radius 2 is 2.20 bits per heavy atom. The largest absolute Gasteiger partial charge is 0.348 e. The summed E-state index contributed by atoms with van der Waals surface area (Å²) < 4.78 is 0. The summed E-state index contributed by atoms with van der Waals surface area (Å²) in [7, 11) is 0. The van der Waals surface area contributed by atoms with Crippen molar-refractivity contribution in [3.63, 3.8) is 0 Å². The topological polar surface area (TPSA) is 82.6 Å². The number of anilines is 2. The lowest BCUT2D eigenvalue weighted by Gasteiger charge is -2.32. The number of nitrogens with zero attached hydrogens (tertiary/aromatic N) is 5. The monoisotopic (exact) mass is 355 g/mol. The van der Waals surface area contributed by atoms with Crippen LogP contribution in [0, 0.1) is 6.92 Å². The maximum absolute atomic E-state index is 4.64. The molecule has 1 fully saturated rings. The summed E-state index contributed by atoms with van der Waals surface area (Å²) in [6.45, 7) is 4.89. The summed E-state index contributed by atoms with van der Waals surface area (Å²) >= 11 is 1.59. The molecule has 0 saturated carbocycles. The van der Waals surface area contributed by atoms with E-state index in [0.717, 1.165) is 60.6 Å². The number of H-pyrrole nitrogens is 1. The molecule has 25 heavy (non-hydrogen) atoms. The van der Waals surface area contributed by atoms with Crippen molar-refractivity contribution in [1.29, 1.82) is 0 Å². The standard InChI is InChI=1S/C17H21N7S/c1-12-11-25-17(22-12)23-16-15(20-6-7-21-16)13-3-2-8-24(9-13)10-14-18-4-5-19-14/h4-7,11,13H,2-3,8-10H2,1H3,(H,18,19)(H,21,22,23)/t13-/m0/s1. The number of imidazole rings is 1. The number of nitrogens with one attached hydrogen (secondary N) is 2. The molecule has 0 spiro atoms. The van der Waals surface area contributed by atoms with E-state index in [4.69, 9.17) is 0 Å². The molecule has 1 saturated heterocycles. The molecule has 0 bridgehead atoms. The van der Waals surface area contributed by atoms with E-state index in [9.17, 15) is 0 Å². The zero-order chi connectivity index (χ0) is 17.1. The summed E-state index contributed by atoms with van der Waals surface area (Å²) in [5.74, 6) is 2.19. The van der Waals surface area contributed by atoms with Gasteiger partial charge < -0.3 is 10.3 Å². The van der Waals surface area contributed by atoms with Gasteiger partial charge in [-0.3, -0.25) is 9.88 Å². The van der Waals surface area contributed by atoms with Gasteiger partial charge in [0.2, 0.25) is 0 Å². The number of hydrogen-bond acceptors (Lipinski definition) is 7. The van der Waals surface area contributed by atoms with Crippen molar-refractivity contribution in [1.82, 2.24) is 29.8 Å². The fourth-order valence-electron chi connectivity index (χ4n) is 3.28. The normalized spacial score (nSPS) is 18.4. The number of likely N-dealkylation sites (tertiary alicyclic amines) is 1. The van der Waals surface area contributed by atoms with Crippen LogP contribution in [0.1, 0.15) is 36.0 Å². The Balaban J connectivity index is 1.50. The Kier molecular flexibility index (Phi) is 4.71. The summed E-state index contributed by atoms with van der Waals surface area (Å²) in [6.07, 6.45) is 9.46. The van der Waals surface area contributed by atoms with Gasteiger partial charge in [0.1, 0.15) is 5.82 Å². The second-order valence-electron chi connectivity index (χ2n) is 6.32. The van der Waals surface area contributed by atoms with Crippen LogP contribution < -0.4 is 5.32 Å². The maximum atomic E-state index is 4.64. The van der Waals surface area contributed by atoms with Gasteiger partial charge in [-0.15, -0.1) is 11.3 Å². The van der Waals surface area contributed by atoms with Crippen molar-refractivity contribution in [3.05, 3.63) is 47.4 Å². The molecule has 8 heteroatoms. The van der Waals surface area contributed by atoms with Crippen molar-refractivity contribution in [2.45, 2.75) is 32.2 Å². The van der Waals surface area contributed by atoms with Crippen molar-refractivity contribution in [2.75, 3.05) is 18.4 Å². The first-order chi connectivity index (χ1) is 12.3. The van der Waals surface area contributed by atoms with Crippen LogP contribution in [-0.4, -0.2) is 42.9 Å². The molecular formula is C17H21N7S. The highest BCUT2D eigenvalue weighted by Gasteiger charge is 2.25. The first kappa shape index (κ1) is 16.2. The van der Waals surface area contributed by atoms with E-state index in [1.54, 1.807) is 29.9 Å². The first-order valence-electron chi connectivity index (χ1n) is 8.48. The average Bonchev–Trinajstić information content (AvgIpc) is 3.27. The highest BCUT2D eigenvalue weighted by atomic mass is 32.1. The van der Waals surface area contributed by atoms with Crippen LogP contribution >= 0.6 is 11.3 Å². The van der Waals surface area contributed by atoms with Gasteiger partial charge in [-0.05, 0) is 26.3 Å². The molecular weight excluding hydrogens is 334 g/mol. The molecule has 0 amide bonds. The number of aromatic amines is 1. The van der Waals surface area contributed by atoms with E-state index >= 15 is 0 Å². The van der Waals surface area contributed by atoms with Crippen molar-refractivity contribution >= 4 is 22.3 Å². The van der Waals surface area contributed by atoms with Gasteiger partial charge in [-0.25, -0.2) is 15.0 Å². The summed E-state index contributed by atoms with van der Waals surface area (Å²) in [4.78, 5) is 23.6. The Morgan fingerprint density at radius 3 is 3.00 bits per heavy atom. The fraction of sp³-hybridized carbons (Fsp3) is 0.412. The molecule has 4 rings (SSSR count). The second kappa shape index (κ2) is 7.28. The van der Waals surface area contributed by atoms with Crippen LogP contribution in [-0.2, 0) is 6.54 Å². The van der Waals surface area contributed by atoms with Gasteiger partial charge in [0.05, 0.1) is 17.9 Å². The molecule has 0 aliphatic carbocycles. The molecule has 1 aliphatic heterocycles. The predicted octanol–water partition coefficient (Wildman–Crippen LogP) is 3.09. The SMILES string of the molecule is Cc1csc(Nc2nccnc2[C@H]2CCCN(Cc3ncc[nH]3)C2)n1. The van der Waals surface area contributed by atoms with E-state index in [1.807, 2.05) is 18.5 Å². The van der Waals surface area contributed by atoms with Gasteiger partial charge in [0.25, 0.3) is 0 Å². The third-order valence-corrected chi connectivity index (χ3v) is 5.27. The Morgan fingerprint density at radius 1 is 1.28 bits per heavy atom. The lowest BCUT2D eigenvalue weighted by molar-refractivity contribution is 0.195. The molecule has 2 N–H and O–H groups in total. The van der Waals surface area contributed by atoms with Gasteiger partial charge >= 0.3 is 0 Å². The molecule has 3 aromatic heterocycles. The number of aromatic nitrogens is 5. The fourth-order valence-corrected chi connectivity index (χ4v) is 3.96. The van der Waals surface area contributed by atoms with Crippen LogP contribution in [0.4, 0.5) is 10.9 Å². The summed E-state index contributed by atoms with van der Waals surface area (Å²) in [5.41, 5.74) is 2.04. The quantitative estimate of drug-likeness (QED) is 0.732. The Hall–Kier alpha value is -2.32. The number of aryl methyl sites for hydroxylation is 1. The van der Waals surface area contributed by atoms with E-state index in [2.05, 4.69) is 35.1 Å². The third-order valence-electron chi connectivity index (χ3n) is 4.39. The van der Waals surface area contributed by atoms with Gasteiger partial charge in [0.15, 0.2) is 10.9 Å². The number of thiazole rings is 1. The first-order valence-corrected chi connectivity index (χ1v) is 9.36. The predicted molar refractivity (Wildman–Crippen MR) is 98.0 cm³/mol. The van der Waals surface area contributed by atoms with Crippen LogP contribution in [0.5, 0.6) is 0 Å². The van der Waals surface area contributed by atoms with Gasteiger partial charge in [-0.1, -0.05) is 0 Å². The smallest absolute Gasteiger partial charge is 0.188 e. The summed E-state index contributed by atoms with van der Waals surface area (Å²) in [6, 6.07) is 0. The van der Waals surface area contributed by atoms with Crippen molar-refractivity contribution in [3.8, 4) is 0 Å². The zero-order valence-corrected chi connectivity index (χ0v) is 15.0. The average molecular weight is 355 g/mol. The lowest BCUT2D eigenvalue weighted by Crippen LogP contribution is -2.34. The lowest BCUT2D eigenvalue weighted by atomic mass is 9.94. The van der Waals surface area contributed by atoms with Crippen LogP contribution in [0.3, 0.4) is 0 Å². The molecule has 0 radical (unpaired) electrons. The minimum Gasteiger partial charge on any atom is -0.348 e. The van der Waals surface area contributed by atoms with Gasteiger partial charge in [-0.2, -0.15) is 0 Å². The molecule has 1 atom stereocenters. The number of piperidine rings is 1. The van der Waals surface area contributed by atoms with Crippen LogP contribution in [0.2, 0.25) is 0 Å². The Labute approximate surface area is 150 Å². The van der Waals surface area contributed by atoms with Crippen LogP contribution in [0.15, 0.2) is 30.2 Å².